The molecule has 6 nitrogen and oxygen atoms in total. The SMILES string of the molecule is CCCC(C)(C)C(=O)[O-].CC[N+](C)(CC)CCO.CC[N+](C)(CC)CCO.[I-]. The summed E-state index contributed by atoms with van der Waals surface area (Å²) in [5.74, 6) is -0.954. The van der Waals surface area contributed by atoms with Crippen LogP contribution in [0.15, 0.2) is 0 Å². The van der Waals surface area contributed by atoms with Crippen molar-refractivity contribution in [1.29, 1.82) is 0 Å². The van der Waals surface area contributed by atoms with E-state index in [1.54, 1.807) is 13.8 Å². The van der Waals surface area contributed by atoms with Crippen molar-refractivity contribution in [2.24, 2.45) is 5.41 Å². The first-order chi connectivity index (χ1) is 12.4. The molecule has 0 rings (SSSR count). The predicted octanol–water partition coefficient (Wildman–Crippen LogP) is -1.50. The average Bonchev–Trinajstić information content (AvgIpc) is 2.63. The quantitative estimate of drug-likeness (QED) is 0.257. The highest BCUT2D eigenvalue weighted by atomic mass is 127. The lowest BCUT2D eigenvalue weighted by Crippen LogP contribution is -3.00. The summed E-state index contributed by atoms with van der Waals surface area (Å²) in [5.41, 5.74) is -0.644. The van der Waals surface area contributed by atoms with Crippen molar-refractivity contribution in [3.63, 3.8) is 0 Å². The first kappa shape index (κ1) is 35.5. The number of likely N-dealkylation sites (N-methyl/N-ethyl adjacent to an activating group) is 2. The number of aliphatic hydroxyl groups excluding tert-OH is 2. The van der Waals surface area contributed by atoms with Crippen molar-refractivity contribution in [3.8, 4) is 0 Å². The highest BCUT2D eigenvalue weighted by molar-refractivity contribution is 5.71. The van der Waals surface area contributed by atoms with Gasteiger partial charge in [-0.3, -0.25) is 0 Å². The van der Waals surface area contributed by atoms with E-state index in [-0.39, 0.29) is 24.0 Å². The molecule has 174 valence electrons. The van der Waals surface area contributed by atoms with Gasteiger partial charge in [0, 0.05) is 11.4 Å². The Bertz CT molecular complexity index is 338. The number of aliphatic carboxylic acids is 1. The van der Waals surface area contributed by atoms with Gasteiger partial charge < -0.3 is 53.1 Å². The maximum atomic E-state index is 10.3. The maximum absolute atomic E-state index is 10.3. The van der Waals surface area contributed by atoms with E-state index >= 15 is 0 Å². The molecular weight excluding hydrogens is 471 g/mol. The normalized spacial score (nSPS) is 11.4. The zero-order chi connectivity index (χ0) is 22.1. The largest absolute Gasteiger partial charge is 1.00 e. The Kier molecular flexibility index (Phi) is 24.1. The molecule has 0 aromatic rings. The molecule has 0 amide bonds. The van der Waals surface area contributed by atoms with Gasteiger partial charge in [0.15, 0.2) is 0 Å². The fourth-order valence-corrected chi connectivity index (χ4v) is 2.29. The minimum atomic E-state index is -0.954. The Labute approximate surface area is 192 Å². The first-order valence-electron chi connectivity index (χ1n) is 10.5. The molecule has 0 heterocycles. The van der Waals surface area contributed by atoms with Crippen LogP contribution in [0.1, 0.15) is 61.3 Å². The third kappa shape index (κ3) is 18.1. The Morgan fingerprint density at radius 2 is 1.11 bits per heavy atom. The number of hydrogen-bond donors (Lipinski definition) is 2. The minimum absolute atomic E-state index is 0. The van der Waals surface area contributed by atoms with Crippen molar-refractivity contribution in [2.45, 2.75) is 61.3 Å². The molecule has 0 aliphatic carbocycles. The lowest BCUT2D eigenvalue weighted by Gasteiger charge is -2.31. The summed E-state index contributed by atoms with van der Waals surface area (Å²) in [6.45, 7) is 20.7. The monoisotopic (exact) mass is 520 g/mol. The second kappa shape index (κ2) is 19.0. The number of quaternary nitrogens is 2. The van der Waals surface area contributed by atoms with Crippen LogP contribution in [0, 0.1) is 5.41 Å². The molecule has 0 unspecified atom stereocenters. The lowest BCUT2D eigenvalue weighted by atomic mass is 9.88. The van der Waals surface area contributed by atoms with E-state index in [0.717, 1.165) is 54.7 Å². The van der Waals surface area contributed by atoms with Crippen LogP contribution in [0.4, 0.5) is 0 Å². The number of carboxylic acids is 1. The van der Waals surface area contributed by atoms with Gasteiger partial charge in [-0.05, 0) is 34.1 Å². The molecule has 0 aliphatic rings. The lowest BCUT2D eigenvalue weighted by molar-refractivity contribution is -0.906. The second-order valence-electron chi connectivity index (χ2n) is 8.32. The fourth-order valence-electron chi connectivity index (χ4n) is 2.29. The zero-order valence-electron chi connectivity index (χ0n) is 20.1. The van der Waals surface area contributed by atoms with Crippen LogP contribution in [-0.4, -0.2) is 91.7 Å². The van der Waals surface area contributed by atoms with Gasteiger partial charge in [0.1, 0.15) is 13.1 Å². The number of carboxylic acid groups (broad SMARTS) is 1. The van der Waals surface area contributed by atoms with E-state index in [1.165, 1.54) is 0 Å². The van der Waals surface area contributed by atoms with Gasteiger partial charge >= 0.3 is 0 Å². The standard InChI is InChI=1S/2C7H18NO.C7H14O2.HI/c2*1-4-8(3,5-2)6-7-9;1-4-5-7(2,3)6(8)9;/h2*9H,4-7H2,1-3H3;4-5H2,1-3H3,(H,8,9);1H/q2*+1;;/p-2. The fraction of sp³-hybridized carbons (Fsp3) is 0.952. The predicted molar refractivity (Wildman–Crippen MR) is 112 cm³/mol. The molecule has 7 heteroatoms. The summed E-state index contributed by atoms with van der Waals surface area (Å²) in [6.07, 6.45) is 1.58. The summed E-state index contributed by atoms with van der Waals surface area (Å²) >= 11 is 0. The highest BCUT2D eigenvalue weighted by Gasteiger charge is 2.17. The van der Waals surface area contributed by atoms with Crippen molar-refractivity contribution < 1.29 is 53.1 Å². The van der Waals surface area contributed by atoms with Gasteiger partial charge in [-0.15, -0.1) is 0 Å². The van der Waals surface area contributed by atoms with Gasteiger partial charge in [-0.1, -0.05) is 27.2 Å². The van der Waals surface area contributed by atoms with Gasteiger partial charge in [-0.25, -0.2) is 0 Å². The minimum Gasteiger partial charge on any atom is -1.00 e. The van der Waals surface area contributed by atoms with E-state index in [0.29, 0.717) is 19.6 Å². The summed E-state index contributed by atoms with van der Waals surface area (Å²) in [5, 5.41) is 27.6. The van der Waals surface area contributed by atoms with E-state index in [1.807, 2.05) is 6.92 Å². The number of carbonyl (C=O) groups excluding carboxylic acids is 1. The molecule has 0 aliphatic heterocycles. The summed E-state index contributed by atoms with van der Waals surface area (Å²) in [7, 11) is 4.33. The van der Waals surface area contributed by atoms with Crippen LogP contribution in [0.3, 0.4) is 0 Å². The van der Waals surface area contributed by atoms with Gasteiger partial charge in [0.2, 0.25) is 0 Å². The maximum Gasteiger partial charge on any atom is 0.102 e. The van der Waals surface area contributed by atoms with Crippen LogP contribution in [0.2, 0.25) is 0 Å². The first-order valence-corrected chi connectivity index (χ1v) is 10.5. The molecule has 0 radical (unpaired) electrons. The Morgan fingerprint density at radius 3 is 1.18 bits per heavy atom. The molecule has 0 bridgehead atoms. The molecule has 2 N–H and O–H groups in total. The Balaban J connectivity index is -0.000000152. The van der Waals surface area contributed by atoms with E-state index in [4.69, 9.17) is 10.2 Å². The molecular formula is C21H49IN2O4. The molecule has 0 aromatic heterocycles. The second-order valence-corrected chi connectivity index (χ2v) is 8.32. The highest BCUT2D eigenvalue weighted by Crippen LogP contribution is 2.20. The van der Waals surface area contributed by atoms with E-state index < -0.39 is 11.4 Å². The summed E-state index contributed by atoms with van der Waals surface area (Å²) in [6, 6.07) is 0. The van der Waals surface area contributed by atoms with Crippen molar-refractivity contribution in [2.75, 3.05) is 66.6 Å². The van der Waals surface area contributed by atoms with Crippen LogP contribution in [0.25, 0.3) is 0 Å². The van der Waals surface area contributed by atoms with Crippen molar-refractivity contribution in [3.05, 3.63) is 0 Å². The van der Waals surface area contributed by atoms with Crippen LogP contribution in [-0.2, 0) is 4.79 Å². The van der Waals surface area contributed by atoms with Crippen molar-refractivity contribution >= 4 is 5.97 Å². The number of aliphatic hydroxyl groups is 2. The smallest absolute Gasteiger partial charge is 0.102 e. The van der Waals surface area contributed by atoms with E-state index in [2.05, 4.69) is 41.8 Å². The van der Waals surface area contributed by atoms with Crippen LogP contribution >= 0.6 is 0 Å². The number of hydrogen-bond acceptors (Lipinski definition) is 4. The van der Waals surface area contributed by atoms with Gasteiger partial charge in [-0.2, -0.15) is 0 Å². The third-order valence-electron chi connectivity index (χ3n) is 5.76. The molecule has 0 atom stereocenters. The number of halogens is 1. The molecule has 28 heavy (non-hydrogen) atoms. The topological polar surface area (TPSA) is 80.6 Å². The molecule has 0 fully saturated rings. The van der Waals surface area contributed by atoms with Crippen LogP contribution in [0.5, 0.6) is 0 Å². The Hall–Kier alpha value is 0.0400. The summed E-state index contributed by atoms with van der Waals surface area (Å²) < 4.78 is 1.97. The third-order valence-corrected chi connectivity index (χ3v) is 5.76. The molecule has 0 saturated heterocycles. The number of carbonyl (C=O) groups is 1. The van der Waals surface area contributed by atoms with Gasteiger partial charge in [0.05, 0.1) is 53.5 Å². The molecule has 0 saturated carbocycles. The Morgan fingerprint density at radius 1 is 0.821 bits per heavy atom. The number of nitrogens with zero attached hydrogens (tertiary/aromatic N) is 2. The van der Waals surface area contributed by atoms with Crippen molar-refractivity contribution in [1.82, 2.24) is 0 Å². The van der Waals surface area contributed by atoms with Crippen LogP contribution < -0.4 is 29.1 Å². The average molecular weight is 521 g/mol. The molecule has 0 aromatic carbocycles. The zero-order valence-corrected chi connectivity index (χ0v) is 22.2. The van der Waals surface area contributed by atoms with E-state index in [9.17, 15) is 9.90 Å². The molecule has 0 spiro atoms. The summed E-state index contributed by atoms with van der Waals surface area (Å²) in [4.78, 5) is 10.3. The number of rotatable bonds is 11. The van der Waals surface area contributed by atoms with Gasteiger partial charge in [0.25, 0.3) is 0 Å².